The van der Waals surface area contributed by atoms with Crippen LogP contribution in [-0.2, 0) is 10.0 Å². The van der Waals surface area contributed by atoms with Gasteiger partial charge in [0.05, 0.1) is 5.69 Å². The highest BCUT2D eigenvalue weighted by Gasteiger charge is 2.22. The second-order valence-electron chi connectivity index (χ2n) is 6.42. The van der Waals surface area contributed by atoms with E-state index in [-0.39, 0.29) is 4.24 Å². The molecule has 0 radical (unpaired) electrons. The number of nitrogens with one attached hydrogen (secondary N) is 2. The Bertz CT molecular complexity index is 1180. The van der Waals surface area contributed by atoms with Crippen LogP contribution in [0.4, 0.5) is 17.3 Å². The molecule has 0 bridgehead atoms. The molecule has 156 valence electrons. The van der Waals surface area contributed by atoms with Gasteiger partial charge in [-0.1, -0.05) is 35.9 Å². The van der Waals surface area contributed by atoms with Gasteiger partial charge in [-0.25, -0.2) is 18.4 Å². The van der Waals surface area contributed by atoms with E-state index in [1.54, 1.807) is 55.8 Å². The minimum atomic E-state index is -3.75. The fourth-order valence-electron chi connectivity index (χ4n) is 2.87. The zero-order chi connectivity index (χ0) is 21.7. The fourth-order valence-corrected chi connectivity index (χ4v) is 5.53. The topological polar surface area (TPSA) is 84.0 Å². The van der Waals surface area contributed by atoms with Gasteiger partial charge in [0.15, 0.2) is 0 Å². The predicted molar refractivity (Wildman–Crippen MR) is 127 cm³/mol. The van der Waals surface area contributed by atoms with Crippen LogP contribution in [0, 0.1) is 6.92 Å². The van der Waals surface area contributed by atoms with Crippen molar-refractivity contribution in [2.45, 2.75) is 13.8 Å². The van der Waals surface area contributed by atoms with Crippen molar-refractivity contribution in [1.82, 2.24) is 9.97 Å². The Morgan fingerprint density at radius 2 is 1.77 bits per heavy atom. The van der Waals surface area contributed by atoms with Crippen molar-refractivity contribution >= 4 is 56.3 Å². The van der Waals surface area contributed by atoms with Crippen LogP contribution < -0.4 is 10.0 Å². The Balaban J connectivity index is 1.91. The number of hydrogen-bond acceptors (Lipinski definition) is 6. The summed E-state index contributed by atoms with van der Waals surface area (Å²) in [6.07, 6.45) is 3.35. The second kappa shape index (κ2) is 9.51. The highest BCUT2D eigenvalue weighted by atomic mass is 35.5. The Hall–Kier alpha value is -2.55. The van der Waals surface area contributed by atoms with Crippen LogP contribution in [0.2, 0.25) is 5.02 Å². The molecule has 0 aliphatic rings. The lowest BCUT2D eigenvalue weighted by molar-refractivity contribution is 0.609. The summed E-state index contributed by atoms with van der Waals surface area (Å²) in [6, 6.07) is 16.0. The zero-order valence-electron chi connectivity index (χ0n) is 16.7. The molecule has 0 saturated heterocycles. The molecule has 2 N–H and O–H groups in total. The van der Waals surface area contributed by atoms with Crippen LogP contribution in [0.15, 0.2) is 65.0 Å². The van der Waals surface area contributed by atoms with E-state index in [0.29, 0.717) is 33.5 Å². The molecule has 1 heterocycles. The second-order valence-corrected chi connectivity index (χ2v) is 9.55. The Morgan fingerprint density at radius 1 is 1.07 bits per heavy atom. The number of rotatable bonds is 7. The van der Waals surface area contributed by atoms with Crippen LogP contribution in [0.25, 0.3) is 5.57 Å². The Morgan fingerprint density at radius 3 is 2.40 bits per heavy atom. The molecule has 0 unspecified atom stereocenters. The first-order chi connectivity index (χ1) is 14.3. The van der Waals surface area contributed by atoms with Gasteiger partial charge in [0, 0.05) is 28.2 Å². The monoisotopic (exact) mass is 460 g/mol. The zero-order valence-corrected chi connectivity index (χ0v) is 19.1. The lowest BCUT2D eigenvalue weighted by atomic mass is 10.1. The van der Waals surface area contributed by atoms with Crippen LogP contribution in [0.1, 0.15) is 18.2 Å². The molecule has 3 rings (SSSR count). The molecule has 1 aromatic heterocycles. The molecular weight excluding hydrogens is 440 g/mol. The number of benzene rings is 2. The number of halogens is 1. The van der Waals surface area contributed by atoms with Crippen LogP contribution in [0.3, 0.4) is 0 Å². The molecule has 0 fully saturated rings. The van der Waals surface area contributed by atoms with Crippen LogP contribution >= 0.6 is 23.4 Å². The third kappa shape index (κ3) is 5.33. The van der Waals surface area contributed by atoms with Crippen molar-refractivity contribution in [1.29, 1.82) is 0 Å². The quantitative estimate of drug-likeness (QED) is 0.472. The van der Waals surface area contributed by atoms with Crippen molar-refractivity contribution in [3.63, 3.8) is 0 Å². The number of anilines is 3. The summed E-state index contributed by atoms with van der Waals surface area (Å²) in [6.45, 7) is 3.57. The maximum atomic E-state index is 12.9. The number of aryl methyl sites for hydroxylation is 1. The molecular formula is C21H21ClN4O2S2. The summed E-state index contributed by atoms with van der Waals surface area (Å²) in [5, 5.41) is 3.70. The SMILES string of the molecule is CS/C(=C(/C)c1cnc(Nc2cccc(Cl)c2)nc1C)S(=O)(=O)Nc1ccccc1. The lowest BCUT2D eigenvalue weighted by Crippen LogP contribution is -2.15. The molecule has 2 aromatic carbocycles. The minimum Gasteiger partial charge on any atom is -0.324 e. The largest absolute Gasteiger partial charge is 0.324 e. The van der Waals surface area contributed by atoms with Crippen LogP contribution in [-0.4, -0.2) is 24.6 Å². The number of aromatic nitrogens is 2. The number of nitrogens with zero attached hydrogens (tertiary/aromatic N) is 2. The lowest BCUT2D eigenvalue weighted by Gasteiger charge is -2.15. The third-order valence-corrected chi connectivity index (χ3v) is 7.59. The van der Waals surface area contributed by atoms with Gasteiger partial charge in [-0.15, -0.1) is 11.8 Å². The van der Waals surface area contributed by atoms with Gasteiger partial charge in [-0.05, 0) is 56.0 Å². The van der Waals surface area contributed by atoms with Gasteiger partial charge in [0.1, 0.15) is 4.24 Å². The first-order valence-electron chi connectivity index (χ1n) is 8.99. The van der Waals surface area contributed by atoms with Gasteiger partial charge < -0.3 is 5.32 Å². The van der Waals surface area contributed by atoms with Crippen molar-refractivity contribution in [2.75, 3.05) is 16.3 Å². The molecule has 0 atom stereocenters. The van der Waals surface area contributed by atoms with Gasteiger partial charge in [0.2, 0.25) is 5.95 Å². The summed E-state index contributed by atoms with van der Waals surface area (Å²) in [4.78, 5) is 8.82. The Kier molecular flexibility index (Phi) is 7.02. The molecule has 0 aliphatic heterocycles. The summed E-state index contributed by atoms with van der Waals surface area (Å²) < 4.78 is 28.7. The molecule has 9 heteroatoms. The number of hydrogen-bond donors (Lipinski definition) is 2. The summed E-state index contributed by atoms with van der Waals surface area (Å²) >= 11 is 7.17. The van der Waals surface area contributed by atoms with Crippen molar-refractivity contribution in [2.24, 2.45) is 0 Å². The minimum absolute atomic E-state index is 0.216. The first kappa shape index (κ1) is 22.1. The summed E-state index contributed by atoms with van der Waals surface area (Å²) in [5.74, 6) is 0.405. The normalized spacial score (nSPS) is 12.3. The van der Waals surface area contributed by atoms with E-state index >= 15 is 0 Å². The first-order valence-corrected chi connectivity index (χ1v) is 12.1. The fraction of sp³-hybridized carbons (Fsp3) is 0.143. The Labute approximate surface area is 185 Å². The van der Waals surface area contributed by atoms with Crippen molar-refractivity contribution in [3.8, 4) is 0 Å². The van der Waals surface area contributed by atoms with E-state index in [0.717, 1.165) is 17.4 Å². The van der Waals surface area contributed by atoms with Crippen LogP contribution in [0.5, 0.6) is 0 Å². The van der Waals surface area contributed by atoms with E-state index in [1.807, 2.05) is 25.1 Å². The predicted octanol–water partition coefficient (Wildman–Crippen LogP) is 5.68. The molecule has 0 amide bonds. The highest BCUT2D eigenvalue weighted by molar-refractivity contribution is 8.19. The maximum absolute atomic E-state index is 12.9. The van der Waals surface area contributed by atoms with E-state index in [9.17, 15) is 8.42 Å². The number of thioether (sulfide) groups is 1. The van der Waals surface area contributed by atoms with Gasteiger partial charge >= 0.3 is 0 Å². The van der Waals surface area contributed by atoms with Gasteiger partial charge in [-0.3, -0.25) is 4.72 Å². The highest BCUT2D eigenvalue weighted by Crippen LogP contribution is 2.32. The summed E-state index contributed by atoms with van der Waals surface area (Å²) in [7, 11) is -3.75. The van der Waals surface area contributed by atoms with E-state index < -0.39 is 10.0 Å². The molecule has 0 aliphatic carbocycles. The van der Waals surface area contributed by atoms with Crippen molar-refractivity contribution < 1.29 is 8.42 Å². The van der Waals surface area contributed by atoms with E-state index in [4.69, 9.17) is 11.6 Å². The van der Waals surface area contributed by atoms with Gasteiger partial charge in [0.25, 0.3) is 10.0 Å². The molecule has 30 heavy (non-hydrogen) atoms. The average Bonchev–Trinajstić information content (AvgIpc) is 2.68. The van der Waals surface area contributed by atoms with E-state index in [1.165, 1.54) is 0 Å². The molecule has 3 aromatic rings. The summed E-state index contributed by atoms with van der Waals surface area (Å²) in [5.41, 5.74) is 3.17. The number of allylic oxidation sites excluding steroid dienone is 1. The smallest absolute Gasteiger partial charge is 0.268 e. The van der Waals surface area contributed by atoms with Crippen molar-refractivity contribution in [3.05, 3.63) is 81.3 Å². The maximum Gasteiger partial charge on any atom is 0.268 e. The van der Waals surface area contributed by atoms with E-state index in [2.05, 4.69) is 20.0 Å². The number of para-hydroxylation sites is 1. The molecule has 6 nitrogen and oxygen atoms in total. The molecule has 0 spiro atoms. The van der Waals surface area contributed by atoms with Gasteiger partial charge in [-0.2, -0.15) is 0 Å². The number of sulfonamides is 1. The standard InChI is InChI=1S/C21H21ClN4O2S2/c1-14(20(29-3)30(27,28)26-17-9-5-4-6-10-17)19-13-23-21(24-15(19)2)25-18-11-7-8-16(22)12-18/h4-13,26H,1-3H3,(H,23,24,25)/b20-14+. The third-order valence-electron chi connectivity index (χ3n) is 4.23. The average molecular weight is 461 g/mol. The molecule has 0 saturated carbocycles.